The van der Waals surface area contributed by atoms with Gasteiger partial charge in [-0.2, -0.15) is 0 Å². The van der Waals surface area contributed by atoms with E-state index in [-0.39, 0.29) is 11.8 Å². The fraction of sp³-hybridized carbons (Fsp3) is 0.667. The molecule has 6 nitrogen and oxygen atoms in total. The molecule has 0 radical (unpaired) electrons. The predicted molar refractivity (Wildman–Crippen MR) is 90.8 cm³/mol. The molecular formula is C18H27N3O3. The van der Waals surface area contributed by atoms with Gasteiger partial charge in [-0.05, 0) is 39.2 Å². The standard InChI is InChI=1S/C18H27N3O3/c1-14-6-12-24-17(14)18(23)20-10-8-19(9-11-20)13-16(22)21-7-4-3-5-15(21)2/h6,12,15H,3-5,7-11,13H2,1-2H3. The van der Waals surface area contributed by atoms with Gasteiger partial charge in [-0.25, -0.2) is 0 Å². The Balaban J connectivity index is 1.49. The number of nitrogens with zero attached hydrogens (tertiary/aromatic N) is 3. The van der Waals surface area contributed by atoms with Crippen molar-refractivity contribution >= 4 is 11.8 Å². The molecule has 2 saturated heterocycles. The van der Waals surface area contributed by atoms with Gasteiger partial charge >= 0.3 is 0 Å². The van der Waals surface area contributed by atoms with Crippen molar-refractivity contribution < 1.29 is 14.0 Å². The van der Waals surface area contributed by atoms with Gasteiger partial charge in [0.15, 0.2) is 5.76 Å². The lowest BCUT2D eigenvalue weighted by atomic mass is 10.0. The summed E-state index contributed by atoms with van der Waals surface area (Å²) in [4.78, 5) is 30.9. The summed E-state index contributed by atoms with van der Waals surface area (Å²) in [6.07, 6.45) is 4.99. The van der Waals surface area contributed by atoms with E-state index in [2.05, 4.69) is 11.8 Å². The smallest absolute Gasteiger partial charge is 0.289 e. The van der Waals surface area contributed by atoms with Crippen LogP contribution in [0.5, 0.6) is 0 Å². The monoisotopic (exact) mass is 333 g/mol. The highest BCUT2D eigenvalue weighted by Crippen LogP contribution is 2.17. The molecule has 1 aromatic rings. The molecule has 0 bridgehead atoms. The average Bonchev–Trinajstić information content (AvgIpc) is 3.01. The molecule has 2 aliphatic rings. The molecule has 6 heteroatoms. The summed E-state index contributed by atoms with van der Waals surface area (Å²) in [6, 6.07) is 2.16. The van der Waals surface area contributed by atoms with E-state index in [0.29, 0.717) is 31.4 Å². The van der Waals surface area contributed by atoms with Gasteiger partial charge in [0.1, 0.15) is 0 Å². The highest BCUT2D eigenvalue weighted by Gasteiger charge is 2.28. The molecule has 1 atom stereocenters. The Hall–Kier alpha value is -1.82. The first-order valence-electron chi connectivity index (χ1n) is 8.91. The van der Waals surface area contributed by atoms with Crippen LogP contribution in [0.1, 0.15) is 42.3 Å². The van der Waals surface area contributed by atoms with E-state index in [1.54, 1.807) is 6.26 Å². The molecule has 2 aliphatic heterocycles. The summed E-state index contributed by atoms with van der Waals surface area (Å²) < 4.78 is 5.30. The molecule has 3 rings (SSSR count). The number of carbonyl (C=O) groups excluding carboxylic acids is 2. The van der Waals surface area contributed by atoms with Gasteiger partial charge in [0, 0.05) is 44.3 Å². The molecule has 0 saturated carbocycles. The van der Waals surface area contributed by atoms with Crippen molar-refractivity contribution in [1.29, 1.82) is 0 Å². The molecule has 132 valence electrons. The molecule has 1 aromatic heterocycles. The van der Waals surface area contributed by atoms with E-state index in [1.165, 1.54) is 6.42 Å². The van der Waals surface area contributed by atoms with Crippen LogP contribution in [0.25, 0.3) is 0 Å². The summed E-state index contributed by atoms with van der Waals surface area (Å²) in [7, 11) is 0. The SMILES string of the molecule is Cc1ccoc1C(=O)N1CCN(CC(=O)N2CCCCC2C)CC1. The van der Waals surface area contributed by atoms with Crippen LogP contribution in [0.15, 0.2) is 16.7 Å². The third kappa shape index (κ3) is 3.64. The molecule has 1 unspecified atom stereocenters. The minimum absolute atomic E-state index is 0.0480. The minimum atomic E-state index is -0.0480. The number of amides is 2. The van der Waals surface area contributed by atoms with Crippen LogP contribution in [-0.4, -0.2) is 71.8 Å². The van der Waals surface area contributed by atoms with E-state index in [4.69, 9.17) is 4.42 Å². The van der Waals surface area contributed by atoms with Gasteiger partial charge in [-0.3, -0.25) is 14.5 Å². The van der Waals surface area contributed by atoms with Crippen molar-refractivity contribution in [3.05, 3.63) is 23.7 Å². The minimum Gasteiger partial charge on any atom is -0.459 e. The van der Waals surface area contributed by atoms with E-state index >= 15 is 0 Å². The maximum absolute atomic E-state index is 12.5. The number of aryl methyl sites for hydroxylation is 1. The Morgan fingerprint density at radius 2 is 1.92 bits per heavy atom. The van der Waals surface area contributed by atoms with Crippen LogP contribution in [0.3, 0.4) is 0 Å². The normalized spacial score (nSPS) is 22.7. The van der Waals surface area contributed by atoms with Crippen LogP contribution in [0.4, 0.5) is 0 Å². The number of likely N-dealkylation sites (tertiary alicyclic amines) is 1. The highest BCUT2D eigenvalue weighted by molar-refractivity contribution is 5.92. The van der Waals surface area contributed by atoms with Crippen molar-refractivity contribution in [2.45, 2.75) is 39.2 Å². The fourth-order valence-corrected chi connectivity index (χ4v) is 3.60. The second-order valence-electron chi connectivity index (χ2n) is 6.93. The zero-order chi connectivity index (χ0) is 17.1. The number of piperazine rings is 1. The van der Waals surface area contributed by atoms with Crippen molar-refractivity contribution in [3.63, 3.8) is 0 Å². The molecule has 3 heterocycles. The van der Waals surface area contributed by atoms with Crippen LogP contribution in [0, 0.1) is 6.92 Å². The lowest BCUT2D eigenvalue weighted by molar-refractivity contribution is -0.136. The van der Waals surface area contributed by atoms with Crippen molar-refractivity contribution in [3.8, 4) is 0 Å². The van der Waals surface area contributed by atoms with Gasteiger partial charge in [0.05, 0.1) is 12.8 Å². The number of hydrogen-bond donors (Lipinski definition) is 0. The highest BCUT2D eigenvalue weighted by atomic mass is 16.3. The van der Waals surface area contributed by atoms with E-state index in [0.717, 1.165) is 38.0 Å². The van der Waals surface area contributed by atoms with Crippen LogP contribution in [0.2, 0.25) is 0 Å². The number of piperidine rings is 1. The first-order valence-corrected chi connectivity index (χ1v) is 8.91. The Bertz CT molecular complexity index is 590. The topological polar surface area (TPSA) is 57.0 Å². The zero-order valence-electron chi connectivity index (χ0n) is 14.7. The first-order chi connectivity index (χ1) is 11.6. The summed E-state index contributed by atoms with van der Waals surface area (Å²) in [5.74, 6) is 0.610. The van der Waals surface area contributed by atoms with E-state index in [1.807, 2.05) is 22.8 Å². The molecular weight excluding hydrogens is 306 g/mol. The molecule has 2 amide bonds. The van der Waals surface area contributed by atoms with Crippen molar-refractivity contribution in [2.75, 3.05) is 39.3 Å². The average molecular weight is 333 g/mol. The summed E-state index contributed by atoms with van der Waals surface area (Å²) in [6.45, 7) is 8.12. The van der Waals surface area contributed by atoms with Gasteiger partial charge in [0.25, 0.3) is 5.91 Å². The number of carbonyl (C=O) groups is 2. The number of hydrogen-bond acceptors (Lipinski definition) is 4. The summed E-state index contributed by atoms with van der Waals surface area (Å²) in [5, 5.41) is 0. The van der Waals surface area contributed by atoms with Gasteiger partial charge in [-0.15, -0.1) is 0 Å². The van der Waals surface area contributed by atoms with Crippen LogP contribution in [-0.2, 0) is 4.79 Å². The third-order valence-corrected chi connectivity index (χ3v) is 5.20. The van der Waals surface area contributed by atoms with Crippen LogP contribution < -0.4 is 0 Å². The molecule has 0 aliphatic carbocycles. The van der Waals surface area contributed by atoms with Gasteiger partial charge in [-0.1, -0.05) is 0 Å². The quantitative estimate of drug-likeness (QED) is 0.845. The Labute approximate surface area is 143 Å². The number of rotatable bonds is 3. The lowest BCUT2D eigenvalue weighted by Crippen LogP contribution is -2.53. The van der Waals surface area contributed by atoms with E-state index in [9.17, 15) is 9.59 Å². The van der Waals surface area contributed by atoms with Crippen molar-refractivity contribution in [1.82, 2.24) is 14.7 Å². The van der Waals surface area contributed by atoms with E-state index < -0.39 is 0 Å². The second-order valence-corrected chi connectivity index (χ2v) is 6.93. The first kappa shape index (κ1) is 17.0. The molecule has 0 spiro atoms. The Morgan fingerprint density at radius 3 is 2.54 bits per heavy atom. The fourth-order valence-electron chi connectivity index (χ4n) is 3.60. The number of furan rings is 1. The summed E-state index contributed by atoms with van der Waals surface area (Å²) >= 11 is 0. The molecule has 0 aromatic carbocycles. The Morgan fingerprint density at radius 1 is 1.17 bits per heavy atom. The second kappa shape index (κ2) is 7.38. The van der Waals surface area contributed by atoms with Gasteiger partial charge in [0.2, 0.25) is 5.91 Å². The van der Waals surface area contributed by atoms with Crippen LogP contribution >= 0.6 is 0 Å². The maximum Gasteiger partial charge on any atom is 0.289 e. The third-order valence-electron chi connectivity index (χ3n) is 5.20. The summed E-state index contributed by atoms with van der Waals surface area (Å²) in [5.41, 5.74) is 0.872. The largest absolute Gasteiger partial charge is 0.459 e. The molecule has 0 N–H and O–H groups in total. The van der Waals surface area contributed by atoms with Gasteiger partial charge < -0.3 is 14.2 Å². The lowest BCUT2D eigenvalue weighted by Gasteiger charge is -2.37. The zero-order valence-corrected chi connectivity index (χ0v) is 14.7. The maximum atomic E-state index is 12.5. The molecule has 2 fully saturated rings. The Kier molecular flexibility index (Phi) is 5.23. The predicted octanol–water partition coefficient (Wildman–Crippen LogP) is 1.75. The van der Waals surface area contributed by atoms with Crippen molar-refractivity contribution in [2.24, 2.45) is 0 Å². The molecule has 24 heavy (non-hydrogen) atoms.